The Bertz CT molecular complexity index is 590. The minimum absolute atomic E-state index is 0.0225. The van der Waals surface area contributed by atoms with Gasteiger partial charge in [0.2, 0.25) is 5.91 Å². The van der Waals surface area contributed by atoms with Crippen LogP contribution in [-0.2, 0) is 22.5 Å². The number of likely N-dealkylation sites (N-methyl/N-ethyl adjacent to an activating group) is 1. The van der Waals surface area contributed by atoms with E-state index < -0.39 is 0 Å². The number of methoxy groups -OCH3 is 1. The summed E-state index contributed by atoms with van der Waals surface area (Å²) < 4.78 is 5.04. The summed E-state index contributed by atoms with van der Waals surface area (Å²) in [5, 5.41) is 3.22. The molecule has 3 rings (SSSR count). The average Bonchev–Trinajstić information content (AvgIpc) is 2.61. The van der Waals surface area contributed by atoms with Gasteiger partial charge in [-0.1, -0.05) is 0 Å². The number of rotatable bonds is 4. The highest BCUT2D eigenvalue weighted by Crippen LogP contribution is 2.32. The Hall–Kier alpha value is -1.73. The molecule has 1 fully saturated rings. The molecule has 0 aromatic carbocycles. The van der Waals surface area contributed by atoms with Crippen LogP contribution in [-0.4, -0.2) is 66.6 Å². The molecule has 2 aliphatic rings. The van der Waals surface area contributed by atoms with Crippen molar-refractivity contribution in [3.8, 4) is 0 Å². The third-order valence-electron chi connectivity index (χ3n) is 4.89. The number of amides is 1. The molecule has 3 heterocycles. The average molecular weight is 333 g/mol. The largest absolute Gasteiger partial charge is 0.375 e. The van der Waals surface area contributed by atoms with Gasteiger partial charge < -0.3 is 19.9 Å². The maximum Gasteiger partial charge on any atom is 0.249 e. The van der Waals surface area contributed by atoms with E-state index in [0.717, 1.165) is 62.7 Å². The summed E-state index contributed by atoms with van der Waals surface area (Å²) in [5.74, 6) is 1.69. The van der Waals surface area contributed by atoms with Crippen molar-refractivity contribution in [3.05, 3.63) is 17.1 Å². The fourth-order valence-corrected chi connectivity index (χ4v) is 3.63. The van der Waals surface area contributed by atoms with Crippen LogP contribution in [0.3, 0.4) is 0 Å². The van der Waals surface area contributed by atoms with Gasteiger partial charge in [-0.15, -0.1) is 0 Å². The Kier molecular flexibility index (Phi) is 5.30. The first kappa shape index (κ1) is 17.1. The van der Waals surface area contributed by atoms with E-state index in [-0.39, 0.29) is 18.6 Å². The highest BCUT2D eigenvalue weighted by molar-refractivity contribution is 5.78. The maximum absolute atomic E-state index is 12.4. The molecule has 2 aliphatic heterocycles. The topological polar surface area (TPSA) is 70.6 Å². The van der Waals surface area contributed by atoms with Crippen LogP contribution < -0.4 is 5.32 Å². The molecule has 0 saturated carbocycles. The molecule has 132 valence electrons. The summed E-state index contributed by atoms with van der Waals surface area (Å²) in [7, 11) is 5.57. The Morgan fingerprint density at radius 1 is 1.33 bits per heavy atom. The van der Waals surface area contributed by atoms with Crippen LogP contribution in [0, 0.1) is 0 Å². The monoisotopic (exact) mass is 333 g/mol. The molecule has 0 bridgehead atoms. The van der Waals surface area contributed by atoms with Gasteiger partial charge in [-0.3, -0.25) is 4.79 Å². The van der Waals surface area contributed by atoms with Gasteiger partial charge in [-0.25, -0.2) is 9.97 Å². The molecular weight excluding hydrogens is 306 g/mol. The van der Waals surface area contributed by atoms with Crippen molar-refractivity contribution in [2.75, 3.05) is 46.2 Å². The summed E-state index contributed by atoms with van der Waals surface area (Å²) in [6, 6.07) is -0.0431. The van der Waals surface area contributed by atoms with E-state index in [9.17, 15) is 4.79 Å². The van der Waals surface area contributed by atoms with Crippen LogP contribution in [0.15, 0.2) is 0 Å². The highest BCUT2D eigenvalue weighted by Gasteiger charge is 2.31. The van der Waals surface area contributed by atoms with Crippen LogP contribution in [0.4, 0.5) is 5.82 Å². The lowest BCUT2D eigenvalue weighted by molar-refractivity contribution is -0.139. The second kappa shape index (κ2) is 7.44. The van der Waals surface area contributed by atoms with Gasteiger partial charge >= 0.3 is 0 Å². The summed E-state index contributed by atoms with van der Waals surface area (Å²) in [6.07, 6.45) is 3.96. The number of carbonyl (C=O) groups is 1. The van der Waals surface area contributed by atoms with Crippen molar-refractivity contribution >= 4 is 11.7 Å². The van der Waals surface area contributed by atoms with E-state index in [1.54, 1.807) is 7.11 Å². The Morgan fingerprint density at radius 3 is 2.92 bits per heavy atom. The number of hydrogen-bond donors (Lipinski definition) is 1. The first-order chi connectivity index (χ1) is 11.6. The van der Waals surface area contributed by atoms with Crippen molar-refractivity contribution in [3.63, 3.8) is 0 Å². The molecule has 1 atom stereocenters. The second-order valence-corrected chi connectivity index (χ2v) is 6.63. The molecule has 0 unspecified atom stereocenters. The van der Waals surface area contributed by atoms with E-state index >= 15 is 0 Å². The third-order valence-corrected chi connectivity index (χ3v) is 4.89. The number of aromatic nitrogens is 2. The smallest absolute Gasteiger partial charge is 0.249 e. The number of nitrogens with zero attached hydrogens (tertiary/aromatic N) is 4. The molecule has 7 heteroatoms. The van der Waals surface area contributed by atoms with Gasteiger partial charge in [-0.2, -0.15) is 0 Å². The number of likely N-dealkylation sites (tertiary alicyclic amines) is 1. The van der Waals surface area contributed by atoms with Gasteiger partial charge in [0.15, 0.2) is 5.82 Å². The zero-order valence-electron chi connectivity index (χ0n) is 14.8. The Morgan fingerprint density at radius 2 is 2.17 bits per heavy atom. The molecule has 24 heavy (non-hydrogen) atoms. The highest BCUT2D eigenvalue weighted by atomic mass is 16.5. The van der Waals surface area contributed by atoms with Crippen molar-refractivity contribution < 1.29 is 9.53 Å². The molecule has 0 radical (unpaired) electrons. The number of piperidine rings is 1. The summed E-state index contributed by atoms with van der Waals surface area (Å²) in [4.78, 5) is 26.2. The first-order valence-corrected chi connectivity index (χ1v) is 8.68. The maximum atomic E-state index is 12.4. The lowest BCUT2D eigenvalue weighted by Crippen LogP contribution is -2.41. The van der Waals surface area contributed by atoms with E-state index in [0.29, 0.717) is 0 Å². The molecular formula is C17H27N5O2. The zero-order valence-corrected chi connectivity index (χ0v) is 14.8. The molecule has 1 aromatic rings. The lowest BCUT2D eigenvalue weighted by atomic mass is 10.00. The standard InChI is InChI=1S/C17H27N5O2/c1-18-16-12-10-21(2)9-7-13(12)19-17(20-16)14-6-4-5-8-22(14)15(23)11-24-3/h14H,4-11H2,1-3H3,(H,18,19,20)/t14-/m1/s1. The van der Waals surface area contributed by atoms with Crippen LogP contribution in [0.1, 0.15) is 42.4 Å². The van der Waals surface area contributed by atoms with Crippen molar-refractivity contribution in [2.45, 2.75) is 38.3 Å². The normalized spacial score (nSPS) is 21.5. The predicted octanol–water partition coefficient (Wildman–Crippen LogP) is 1.21. The summed E-state index contributed by atoms with van der Waals surface area (Å²) >= 11 is 0. The van der Waals surface area contributed by atoms with Gasteiger partial charge in [0, 0.05) is 45.8 Å². The third kappa shape index (κ3) is 3.37. The molecule has 7 nitrogen and oxygen atoms in total. The van der Waals surface area contributed by atoms with Crippen molar-refractivity contribution in [1.82, 2.24) is 19.8 Å². The number of anilines is 1. The minimum atomic E-state index is -0.0431. The van der Waals surface area contributed by atoms with Gasteiger partial charge in [-0.05, 0) is 26.3 Å². The molecule has 0 spiro atoms. The van der Waals surface area contributed by atoms with Crippen molar-refractivity contribution in [1.29, 1.82) is 0 Å². The second-order valence-electron chi connectivity index (χ2n) is 6.63. The van der Waals surface area contributed by atoms with E-state index in [1.165, 1.54) is 5.56 Å². The quantitative estimate of drug-likeness (QED) is 0.893. The Labute approximate surface area is 143 Å². The first-order valence-electron chi connectivity index (χ1n) is 8.68. The van der Waals surface area contributed by atoms with Gasteiger partial charge in [0.25, 0.3) is 0 Å². The lowest BCUT2D eigenvalue weighted by Gasteiger charge is -2.35. The summed E-state index contributed by atoms with van der Waals surface area (Å²) in [5.41, 5.74) is 2.30. The van der Waals surface area contributed by atoms with Crippen LogP contribution >= 0.6 is 0 Å². The number of nitrogens with one attached hydrogen (secondary N) is 1. The number of ether oxygens (including phenoxy) is 1. The molecule has 1 N–H and O–H groups in total. The SMILES string of the molecule is CNc1nc([C@H]2CCCCN2C(=O)COC)nc2c1CN(C)CC2. The summed E-state index contributed by atoms with van der Waals surface area (Å²) in [6.45, 7) is 2.74. The molecule has 1 aromatic heterocycles. The van der Waals surface area contributed by atoms with Crippen LogP contribution in [0.5, 0.6) is 0 Å². The molecule has 0 aliphatic carbocycles. The molecule has 1 saturated heterocycles. The van der Waals surface area contributed by atoms with E-state index in [2.05, 4.69) is 17.3 Å². The van der Waals surface area contributed by atoms with E-state index in [1.807, 2.05) is 11.9 Å². The predicted molar refractivity (Wildman–Crippen MR) is 91.8 cm³/mol. The number of fused-ring (bicyclic) bond motifs is 1. The molecule has 1 amide bonds. The number of carbonyl (C=O) groups excluding carboxylic acids is 1. The zero-order chi connectivity index (χ0) is 17.1. The van der Waals surface area contributed by atoms with Gasteiger partial charge in [0.1, 0.15) is 12.4 Å². The van der Waals surface area contributed by atoms with Gasteiger partial charge in [0.05, 0.1) is 11.7 Å². The van der Waals surface area contributed by atoms with Crippen LogP contribution in [0.25, 0.3) is 0 Å². The minimum Gasteiger partial charge on any atom is -0.375 e. The number of hydrogen-bond acceptors (Lipinski definition) is 6. The van der Waals surface area contributed by atoms with E-state index in [4.69, 9.17) is 14.7 Å². The fraction of sp³-hybridized carbons (Fsp3) is 0.706. The van der Waals surface area contributed by atoms with Crippen molar-refractivity contribution in [2.24, 2.45) is 0 Å². The Balaban J connectivity index is 1.93. The van der Waals surface area contributed by atoms with Crippen LogP contribution in [0.2, 0.25) is 0 Å². The fourth-order valence-electron chi connectivity index (χ4n) is 3.63.